The highest BCUT2D eigenvalue weighted by molar-refractivity contribution is 5.92. The van der Waals surface area contributed by atoms with E-state index in [2.05, 4.69) is 4.98 Å². The third-order valence-corrected chi connectivity index (χ3v) is 4.35. The number of hydrogen-bond acceptors (Lipinski definition) is 2. The highest BCUT2D eigenvalue weighted by atomic mass is 16.3. The van der Waals surface area contributed by atoms with Crippen LogP contribution in [0, 0.1) is 0 Å². The Morgan fingerprint density at radius 3 is 2.50 bits per heavy atom. The summed E-state index contributed by atoms with van der Waals surface area (Å²) in [6, 6.07) is 13.5. The average Bonchev–Trinajstić information content (AvgIpc) is 3.19. The van der Waals surface area contributed by atoms with E-state index in [4.69, 9.17) is 0 Å². The van der Waals surface area contributed by atoms with Gasteiger partial charge in [0, 0.05) is 12.7 Å². The van der Waals surface area contributed by atoms with Gasteiger partial charge in [-0.1, -0.05) is 43.2 Å². The Balaban J connectivity index is 1.80. The third kappa shape index (κ3) is 3.39. The minimum absolute atomic E-state index is 0.0609. The van der Waals surface area contributed by atoms with Crippen molar-refractivity contribution in [1.29, 1.82) is 0 Å². The molecule has 4 heteroatoms. The molecule has 1 aromatic carbocycles. The van der Waals surface area contributed by atoms with Crippen LogP contribution >= 0.6 is 0 Å². The Morgan fingerprint density at radius 2 is 1.86 bits per heavy atom. The van der Waals surface area contributed by atoms with Gasteiger partial charge in [-0.15, -0.1) is 0 Å². The van der Waals surface area contributed by atoms with E-state index in [1.807, 2.05) is 36.4 Å². The zero-order valence-electron chi connectivity index (χ0n) is 12.7. The maximum atomic E-state index is 12.7. The number of aromatic nitrogens is 1. The van der Waals surface area contributed by atoms with E-state index in [9.17, 15) is 9.90 Å². The van der Waals surface area contributed by atoms with Crippen molar-refractivity contribution < 1.29 is 9.90 Å². The molecular formula is C18H22N2O2. The molecule has 116 valence electrons. The summed E-state index contributed by atoms with van der Waals surface area (Å²) in [5, 5.41) is 10.7. The quantitative estimate of drug-likeness (QED) is 0.891. The fraction of sp³-hybridized carbons (Fsp3) is 0.389. The summed E-state index contributed by atoms with van der Waals surface area (Å²) in [7, 11) is 0. The first-order valence-corrected chi connectivity index (χ1v) is 7.85. The minimum Gasteiger partial charge on any atom is -0.388 e. The SMILES string of the molecule is O=C(c1ccc[nH]1)N(Cc1ccccc1)CC1(O)CCCC1. The van der Waals surface area contributed by atoms with Crippen LogP contribution < -0.4 is 0 Å². The van der Waals surface area contributed by atoms with Crippen molar-refractivity contribution in [2.75, 3.05) is 6.54 Å². The second kappa shape index (κ2) is 6.36. The van der Waals surface area contributed by atoms with Crippen molar-refractivity contribution >= 4 is 5.91 Å². The lowest BCUT2D eigenvalue weighted by Crippen LogP contribution is -2.43. The number of benzene rings is 1. The van der Waals surface area contributed by atoms with E-state index in [0.29, 0.717) is 18.8 Å². The number of carbonyl (C=O) groups excluding carboxylic acids is 1. The van der Waals surface area contributed by atoms with Gasteiger partial charge in [0.05, 0.1) is 12.1 Å². The molecule has 0 radical (unpaired) electrons. The Hall–Kier alpha value is -2.07. The molecule has 3 rings (SSSR count). The second-order valence-electron chi connectivity index (χ2n) is 6.16. The molecule has 1 heterocycles. The first-order valence-electron chi connectivity index (χ1n) is 7.85. The van der Waals surface area contributed by atoms with Crippen molar-refractivity contribution in [1.82, 2.24) is 9.88 Å². The van der Waals surface area contributed by atoms with Crippen LogP contribution in [0.1, 0.15) is 41.7 Å². The van der Waals surface area contributed by atoms with E-state index in [0.717, 1.165) is 31.2 Å². The molecule has 2 aromatic rings. The molecule has 1 saturated carbocycles. The molecule has 0 aliphatic heterocycles. The fourth-order valence-electron chi connectivity index (χ4n) is 3.18. The predicted octanol–water partition coefficient (Wildman–Crippen LogP) is 2.96. The van der Waals surface area contributed by atoms with E-state index in [-0.39, 0.29) is 5.91 Å². The number of rotatable bonds is 5. The lowest BCUT2D eigenvalue weighted by molar-refractivity contribution is 0.00767. The highest BCUT2D eigenvalue weighted by Crippen LogP contribution is 2.31. The number of amides is 1. The predicted molar refractivity (Wildman–Crippen MR) is 85.4 cm³/mol. The first kappa shape index (κ1) is 14.9. The van der Waals surface area contributed by atoms with Gasteiger partial charge in [0.25, 0.3) is 5.91 Å². The molecule has 4 nitrogen and oxygen atoms in total. The molecule has 1 aliphatic rings. The van der Waals surface area contributed by atoms with E-state index >= 15 is 0 Å². The summed E-state index contributed by atoms with van der Waals surface area (Å²) in [6.07, 6.45) is 5.36. The smallest absolute Gasteiger partial charge is 0.270 e. The monoisotopic (exact) mass is 298 g/mol. The summed E-state index contributed by atoms with van der Waals surface area (Å²) in [6.45, 7) is 0.904. The summed E-state index contributed by atoms with van der Waals surface area (Å²) in [4.78, 5) is 17.4. The van der Waals surface area contributed by atoms with Crippen LogP contribution in [0.25, 0.3) is 0 Å². The first-order chi connectivity index (χ1) is 10.7. The average molecular weight is 298 g/mol. The zero-order chi connectivity index (χ0) is 15.4. The van der Waals surface area contributed by atoms with Gasteiger partial charge < -0.3 is 15.0 Å². The summed E-state index contributed by atoms with van der Waals surface area (Å²) >= 11 is 0. The number of nitrogens with zero attached hydrogens (tertiary/aromatic N) is 1. The second-order valence-corrected chi connectivity index (χ2v) is 6.16. The van der Waals surface area contributed by atoms with Gasteiger partial charge >= 0.3 is 0 Å². The maximum absolute atomic E-state index is 12.7. The van der Waals surface area contributed by atoms with Gasteiger partial charge in [-0.05, 0) is 30.5 Å². The molecule has 2 N–H and O–H groups in total. The summed E-state index contributed by atoms with van der Waals surface area (Å²) in [5.74, 6) is -0.0609. The number of H-pyrrole nitrogens is 1. The van der Waals surface area contributed by atoms with Gasteiger partial charge in [-0.2, -0.15) is 0 Å². The van der Waals surface area contributed by atoms with Crippen molar-refractivity contribution in [3.63, 3.8) is 0 Å². The van der Waals surface area contributed by atoms with Crippen LogP contribution in [-0.4, -0.2) is 33.0 Å². The van der Waals surface area contributed by atoms with E-state index < -0.39 is 5.60 Å². The molecule has 1 amide bonds. The van der Waals surface area contributed by atoms with Crippen LogP contribution in [0.3, 0.4) is 0 Å². The Kier molecular flexibility index (Phi) is 4.29. The maximum Gasteiger partial charge on any atom is 0.270 e. The number of aromatic amines is 1. The summed E-state index contributed by atoms with van der Waals surface area (Å²) < 4.78 is 0. The van der Waals surface area contributed by atoms with Gasteiger partial charge in [-0.25, -0.2) is 0 Å². The number of hydrogen-bond donors (Lipinski definition) is 2. The standard InChI is InChI=1S/C18H22N2O2/c21-17(16-9-6-12-19-16)20(13-15-7-2-1-3-8-15)14-18(22)10-4-5-11-18/h1-3,6-9,12,19,22H,4-5,10-11,13-14H2. The molecule has 1 aromatic heterocycles. The van der Waals surface area contributed by atoms with Crippen molar-refractivity contribution in [2.24, 2.45) is 0 Å². The Labute approximate surface area is 130 Å². The molecule has 0 saturated heterocycles. The van der Waals surface area contributed by atoms with E-state index in [1.54, 1.807) is 17.2 Å². The van der Waals surface area contributed by atoms with Crippen molar-refractivity contribution in [2.45, 2.75) is 37.8 Å². The van der Waals surface area contributed by atoms with Gasteiger partial charge in [-0.3, -0.25) is 4.79 Å². The van der Waals surface area contributed by atoms with Crippen LogP contribution in [0.2, 0.25) is 0 Å². The highest BCUT2D eigenvalue weighted by Gasteiger charge is 2.35. The van der Waals surface area contributed by atoms with Gasteiger partial charge in [0.15, 0.2) is 0 Å². The van der Waals surface area contributed by atoms with Crippen LogP contribution in [-0.2, 0) is 6.54 Å². The van der Waals surface area contributed by atoms with Gasteiger partial charge in [0.2, 0.25) is 0 Å². The molecule has 0 unspecified atom stereocenters. The lowest BCUT2D eigenvalue weighted by Gasteiger charge is -2.31. The van der Waals surface area contributed by atoms with E-state index in [1.165, 1.54) is 0 Å². The Morgan fingerprint density at radius 1 is 1.14 bits per heavy atom. The van der Waals surface area contributed by atoms with Crippen LogP contribution in [0.15, 0.2) is 48.7 Å². The topological polar surface area (TPSA) is 56.3 Å². The molecular weight excluding hydrogens is 276 g/mol. The van der Waals surface area contributed by atoms with Crippen molar-refractivity contribution in [3.8, 4) is 0 Å². The molecule has 0 atom stereocenters. The lowest BCUT2D eigenvalue weighted by atomic mass is 10.0. The van der Waals surface area contributed by atoms with Crippen LogP contribution in [0.4, 0.5) is 0 Å². The number of nitrogens with one attached hydrogen (secondary N) is 1. The largest absolute Gasteiger partial charge is 0.388 e. The number of aliphatic hydroxyl groups is 1. The molecule has 22 heavy (non-hydrogen) atoms. The summed E-state index contributed by atoms with van der Waals surface area (Å²) in [5.41, 5.74) is 0.901. The molecule has 0 spiro atoms. The normalized spacial score (nSPS) is 16.6. The third-order valence-electron chi connectivity index (χ3n) is 4.35. The minimum atomic E-state index is -0.739. The molecule has 1 aliphatic carbocycles. The zero-order valence-corrected chi connectivity index (χ0v) is 12.7. The fourth-order valence-corrected chi connectivity index (χ4v) is 3.18. The van der Waals surface area contributed by atoms with Crippen molar-refractivity contribution in [3.05, 3.63) is 59.9 Å². The molecule has 1 fully saturated rings. The Bertz CT molecular complexity index is 601. The number of carbonyl (C=O) groups is 1. The molecule has 0 bridgehead atoms. The van der Waals surface area contributed by atoms with Gasteiger partial charge in [0.1, 0.15) is 5.69 Å². The van der Waals surface area contributed by atoms with Crippen LogP contribution in [0.5, 0.6) is 0 Å².